The van der Waals surface area contributed by atoms with Crippen LogP contribution in [0, 0.1) is 6.92 Å². The van der Waals surface area contributed by atoms with E-state index in [9.17, 15) is 4.57 Å². The fraction of sp³-hybridized carbons (Fsp3) is 0.387. The molecule has 1 saturated heterocycles. The lowest BCUT2D eigenvalue weighted by Gasteiger charge is -2.35. The number of piperazine rings is 1. The Bertz CT molecular complexity index is 1700. The SMILES string of the molecule is COc1cc(N2CCN(C)CC2)c(C)cc1Nc1ncc(Br)c(Nc2ccc3nc(C4CC4)ccc3c2P(C)(C)=O)n1. The van der Waals surface area contributed by atoms with Gasteiger partial charge in [-0.3, -0.25) is 4.98 Å². The van der Waals surface area contributed by atoms with Crippen LogP contribution in [0.4, 0.5) is 28.8 Å². The van der Waals surface area contributed by atoms with Crippen LogP contribution in [0.2, 0.25) is 0 Å². The molecule has 0 radical (unpaired) electrons. The molecule has 1 saturated carbocycles. The molecule has 2 aliphatic rings. The zero-order valence-corrected chi connectivity index (χ0v) is 27.2. The summed E-state index contributed by atoms with van der Waals surface area (Å²) >= 11 is 3.60. The van der Waals surface area contributed by atoms with Gasteiger partial charge >= 0.3 is 0 Å². The predicted molar refractivity (Wildman–Crippen MR) is 177 cm³/mol. The zero-order chi connectivity index (χ0) is 29.6. The van der Waals surface area contributed by atoms with Gasteiger partial charge in [0.15, 0.2) is 0 Å². The lowest BCUT2D eigenvalue weighted by molar-refractivity contribution is 0.312. The molecular weight excluding hydrogens is 613 g/mol. The summed E-state index contributed by atoms with van der Waals surface area (Å²) in [6.07, 6.45) is 4.08. The Labute approximate surface area is 255 Å². The quantitative estimate of drug-likeness (QED) is 0.208. The molecule has 2 fully saturated rings. The summed E-state index contributed by atoms with van der Waals surface area (Å²) in [7, 11) is 1.16. The monoisotopic (exact) mass is 649 g/mol. The van der Waals surface area contributed by atoms with E-state index in [-0.39, 0.29) is 0 Å². The van der Waals surface area contributed by atoms with Crippen molar-refractivity contribution < 1.29 is 9.30 Å². The van der Waals surface area contributed by atoms with Gasteiger partial charge in [-0.1, -0.05) is 6.07 Å². The topological polar surface area (TPSA) is 95.5 Å². The summed E-state index contributed by atoms with van der Waals surface area (Å²) in [5.41, 5.74) is 5.85. The van der Waals surface area contributed by atoms with Crippen molar-refractivity contribution in [2.24, 2.45) is 0 Å². The Kier molecular flexibility index (Phi) is 7.89. The minimum absolute atomic E-state index is 0.417. The Morgan fingerprint density at radius 3 is 2.45 bits per heavy atom. The Morgan fingerprint density at radius 2 is 1.76 bits per heavy atom. The average Bonchev–Trinajstić information content (AvgIpc) is 3.80. The molecule has 2 aromatic heterocycles. The molecule has 4 aromatic rings. The molecule has 1 aliphatic heterocycles. The number of anilines is 5. The van der Waals surface area contributed by atoms with Crippen molar-refractivity contribution in [1.82, 2.24) is 19.9 Å². The number of nitrogens with one attached hydrogen (secondary N) is 2. The second-order valence-corrected chi connectivity index (χ2v) is 15.7. The van der Waals surface area contributed by atoms with Gasteiger partial charge in [-0.15, -0.1) is 0 Å². The molecule has 0 atom stereocenters. The van der Waals surface area contributed by atoms with E-state index in [2.05, 4.69) is 79.6 Å². The number of hydrogen-bond acceptors (Lipinski definition) is 9. The van der Waals surface area contributed by atoms with Crippen LogP contribution in [0.1, 0.15) is 30.0 Å². The number of halogens is 1. The molecule has 3 heterocycles. The molecule has 220 valence electrons. The van der Waals surface area contributed by atoms with Crippen LogP contribution in [0.3, 0.4) is 0 Å². The van der Waals surface area contributed by atoms with Crippen molar-refractivity contribution in [3.05, 3.63) is 58.3 Å². The third-order valence-corrected chi connectivity index (χ3v) is 10.1. The molecule has 0 unspecified atom stereocenters. The van der Waals surface area contributed by atoms with Crippen LogP contribution in [-0.4, -0.2) is 73.5 Å². The summed E-state index contributed by atoms with van der Waals surface area (Å²) in [5.74, 6) is 2.26. The van der Waals surface area contributed by atoms with Gasteiger partial charge < -0.3 is 29.7 Å². The lowest BCUT2D eigenvalue weighted by Crippen LogP contribution is -2.44. The fourth-order valence-corrected chi connectivity index (χ4v) is 7.36. The van der Waals surface area contributed by atoms with Crippen LogP contribution in [-0.2, 0) is 4.57 Å². The van der Waals surface area contributed by atoms with Gasteiger partial charge in [0.2, 0.25) is 5.95 Å². The highest BCUT2D eigenvalue weighted by Gasteiger charge is 2.27. The number of ether oxygens (including phenoxy) is 1. The number of likely N-dealkylation sites (N-methyl/N-ethyl adjacent to an activating group) is 1. The first-order valence-electron chi connectivity index (χ1n) is 14.3. The number of nitrogens with zero attached hydrogens (tertiary/aromatic N) is 5. The van der Waals surface area contributed by atoms with Crippen LogP contribution in [0.5, 0.6) is 5.75 Å². The van der Waals surface area contributed by atoms with Crippen LogP contribution < -0.4 is 25.6 Å². The number of aromatic nitrogens is 3. The van der Waals surface area contributed by atoms with Crippen molar-refractivity contribution in [2.75, 3.05) is 69.2 Å². The summed E-state index contributed by atoms with van der Waals surface area (Å²) in [4.78, 5) is 18.9. The largest absolute Gasteiger partial charge is 0.494 e. The minimum atomic E-state index is -2.68. The average molecular weight is 651 g/mol. The van der Waals surface area contributed by atoms with Gasteiger partial charge in [0.05, 0.1) is 28.5 Å². The second-order valence-electron chi connectivity index (χ2n) is 11.7. The number of aryl methyl sites for hydroxylation is 1. The highest BCUT2D eigenvalue weighted by Crippen LogP contribution is 2.44. The maximum absolute atomic E-state index is 13.6. The predicted octanol–water partition coefficient (Wildman–Crippen LogP) is 6.47. The molecule has 0 amide bonds. The van der Waals surface area contributed by atoms with E-state index in [1.54, 1.807) is 26.6 Å². The number of pyridine rings is 1. The van der Waals surface area contributed by atoms with Crippen molar-refractivity contribution in [3.8, 4) is 5.75 Å². The molecule has 1 aliphatic carbocycles. The summed E-state index contributed by atoms with van der Waals surface area (Å²) < 4.78 is 20.1. The number of hydrogen-bond donors (Lipinski definition) is 2. The molecular formula is C31H37BrN7O2P. The first-order chi connectivity index (χ1) is 20.1. The number of benzene rings is 2. The van der Waals surface area contributed by atoms with Crippen molar-refractivity contribution in [3.63, 3.8) is 0 Å². The van der Waals surface area contributed by atoms with Crippen LogP contribution >= 0.6 is 23.1 Å². The van der Waals surface area contributed by atoms with Crippen LogP contribution in [0.25, 0.3) is 10.9 Å². The molecule has 2 N–H and O–H groups in total. The van der Waals surface area contributed by atoms with Gasteiger partial charge in [-0.2, -0.15) is 4.98 Å². The van der Waals surface area contributed by atoms with E-state index in [4.69, 9.17) is 14.7 Å². The number of rotatable bonds is 8. The number of methoxy groups -OCH3 is 1. The second kappa shape index (κ2) is 11.5. The Balaban J connectivity index is 1.30. The van der Waals surface area contributed by atoms with Gasteiger partial charge in [0.1, 0.15) is 18.7 Å². The lowest BCUT2D eigenvalue weighted by atomic mass is 10.1. The van der Waals surface area contributed by atoms with E-state index >= 15 is 0 Å². The first kappa shape index (κ1) is 28.9. The molecule has 9 nitrogen and oxygen atoms in total. The maximum Gasteiger partial charge on any atom is 0.229 e. The summed E-state index contributed by atoms with van der Waals surface area (Å²) in [6, 6.07) is 12.3. The Hall–Kier alpha value is -3.20. The Morgan fingerprint density at radius 1 is 1.00 bits per heavy atom. The van der Waals surface area contributed by atoms with Gasteiger partial charge in [0, 0.05) is 66.4 Å². The van der Waals surface area contributed by atoms with Gasteiger partial charge in [0.25, 0.3) is 0 Å². The van der Waals surface area contributed by atoms with E-state index in [0.29, 0.717) is 22.2 Å². The maximum atomic E-state index is 13.6. The minimum Gasteiger partial charge on any atom is -0.494 e. The van der Waals surface area contributed by atoms with Gasteiger partial charge in [-0.25, -0.2) is 4.98 Å². The van der Waals surface area contributed by atoms with E-state index < -0.39 is 7.14 Å². The van der Waals surface area contributed by atoms with Gasteiger partial charge in [-0.05, 0) is 85.9 Å². The highest BCUT2D eigenvalue weighted by molar-refractivity contribution is 9.10. The molecule has 11 heteroatoms. The molecule has 0 bridgehead atoms. The number of fused-ring (bicyclic) bond motifs is 1. The molecule has 0 spiro atoms. The summed E-state index contributed by atoms with van der Waals surface area (Å²) in [5, 5.41) is 8.46. The van der Waals surface area contributed by atoms with E-state index in [1.165, 1.54) is 18.5 Å². The molecule has 42 heavy (non-hydrogen) atoms. The third-order valence-electron chi connectivity index (χ3n) is 8.00. The smallest absolute Gasteiger partial charge is 0.229 e. The van der Waals surface area contributed by atoms with Crippen molar-refractivity contribution in [1.29, 1.82) is 0 Å². The highest BCUT2D eigenvalue weighted by atomic mass is 79.9. The standard InChI is InChI=1S/C31H37BrN7O2P/c1-19-16-26(28(41-3)17-27(19)39-14-12-38(2)13-15-39)36-31-33-18-22(32)30(37-31)35-25-11-10-24-21(29(25)42(4,5)40)8-9-23(34-24)20-6-7-20/h8-11,16-18,20H,6-7,12-15H2,1-5H3,(H2,33,35,36,37). The van der Waals surface area contributed by atoms with E-state index in [1.807, 2.05) is 12.1 Å². The fourth-order valence-electron chi connectivity index (χ4n) is 5.59. The third kappa shape index (κ3) is 5.98. The summed E-state index contributed by atoms with van der Waals surface area (Å²) in [6.45, 7) is 9.74. The molecule has 2 aromatic carbocycles. The molecule has 6 rings (SSSR count). The van der Waals surface area contributed by atoms with Crippen molar-refractivity contribution >= 4 is 68.1 Å². The van der Waals surface area contributed by atoms with Crippen molar-refractivity contribution in [2.45, 2.75) is 25.7 Å². The first-order valence-corrected chi connectivity index (χ1v) is 17.7. The zero-order valence-electron chi connectivity index (χ0n) is 24.7. The van der Waals surface area contributed by atoms with E-state index in [0.717, 1.165) is 70.8 Å². The van der Waals surface area contributed by atoms with Crippen LogP contribution in [0.15, 0.2) is 47.1 Å². The normalized spacial score (nSPS) is 16.1.